The Morgan fingerprint density at radius 1 is 1.21 bits per heavy atom. The van der Waals surface area contributed by atoms with Crippen LogP contribution in [0.5, 0.6) is 0 Å². The molecule has 3 rings (SSSR count). The summed E-state index contributed by atoms with van der Waals surface area (Å²) >= 11 is 0. The van der Waals surface area contributed by atoms with Crippen molar-refractivity contribution in [3.63, 3.8) is 0 Å². The number of oxime groups is 1. The van der Waals surface area contributed by atoms with Crippen LogP contribution in [0.3, 0.4) is 0 Å². The molecule has 24 heavy (non-hydrogen) atoms. The molecule has 3 heterocycles. The predicted octanol–water partition coefficient (Wildman–Crippen LogP) is 2.30. The second-order valence-electron chi connectivity index (χ2n) is 6.21. The lowest BCUT2D eigenvalue weighted by molar-refractivity contribution is -0.169. The number of hydrogen-bond acceptors (Lipinski definition) is 7. The zero-order valence-electron chi connectivity index (χ0n) is 14.3. The van der Waals surface area contributed by atoms with Crippen molar-refractivity contribution in [3.8, 4) is 0 Å². The van der Waals surface area contributed by atoms with E-state index in [-0.39, 0.29) is 6.29 Å². The van der Waals surface area contributed by atoms with E-state index in [4.69, 9.17) is 14.3 Å². The van der Waals surface area contributed by atoms with Crippen LogP contribution in [0.1, 0.15) is 37.7 Å². The van der Waals surface area contributed by atoms with Gasteiger partial charge < -0.3 is 19.2 Å². The number of piperidine rings is 1. The number of anilines is 1. The number of ether oxygens (including phenoxy) is 2. The minimum atomic E-state index is -0.0623. The average molecular weight is 334 g/mol. The van der Waals surface area contributed by atoms with Crippen LogP contribution in [-0.2, 0) is 14.3 Å². The van der Waals surface area contributed by atoms with Crippen molar-refractivity contribution in [1.29, 1.82) is 0 Å². The van der Waals surface area contributed by atoms with Crippen LogP contribution < -0.4 is 4.90 Å². The van der Waals surface area contributed by atoms with Gasteiger partial charge in [-0.05, 0) is 31.7 Å². The SMILES string of the molecule is Cc1cnc(N2CCC(=NOCCOC3CCCCO3)CC2)nc1. The lowest BCUT2D eigenvalue weighted by atomic mass is 10.1. The highest BCUT2D eigenvalue weighted by Gasteiger charge is 2.18. The first-order valence-corrected chi connectivity index (χ1v) is 8.76. The zero-order chi connectivity index (χ0) is 16.6. The maximum Gasteiger partial charge on any atom is 0.225 e. The monoisotopic (exact) mass is 334 g/mol. The minimum Gasteiger partial charge on any atom is -0.393 e. The highest BCUT2D eigenvalue weighted by molar-refractivity contribution is 5.86. The van der Waals surface area contributed by atoms with Gasteiger partial charge in [-0.3, -0.25) is 0 Å². The maximum absolute atomic E-state index is 5.62. The molecule has 7 nitrogen and oxygen atoms in total. The molecule has 1 aromatic rings. The molecule has 1 atom stereocenters. The molecule has 0 N–H and O–H groups in total. The van der Waals surface area contributed by atoms with E-state index >= 15 is 0 Å². The van der Waals surface area contributed by atoms with Crippen molar-refractivity contribution in [2.45, 2.75) is 45.3 Å². The molecule has 2 fully saturated rings. The van der Waals surface area contributed by atoms with E-state index in [9.17, 15) is 0 Å². The van der Waals surface area contributed by atoms with Crippen molar-refractivity contribution < 1.29 is 14.3 Å². The van der Waals surface area contributed by atoms with Crippen LogP contribution >= 0.6 is 0 Å². The fraction of sp³-hybridized carbons (Fsp3) is 0.706. The summed E-state index contributed by atoms with van der Waals surface area (Å²) in [6.45, 7) is 5.52. The summed E-state index contributed by atoms with van der Waals surface area (Å²) in [6.07, 6.45) is 8.69. The summed E-state index contributed by atoms with van der Waals surface area (Å²) in [5.41, 5.74) is 2.17. The first-order chi connectivity index (χ1) is 11.8. The predicted molar refractivity (Wildman–Crippen MR) is 91.1 cm³/mol. The molecule has 0 aromatic carbocycles. The number of nitrogens with zero attached hydrogens (tertiary/aromatic N) is 4. The molecule has 1 aromatic heterocycles. The van der Waals surface area contributed by atoms with Gasteiger partial charge in [-0.15, -0.1) is 0 Å². The van der Waals surface area contributed by atoms with Gasteiger partial charge in [0, 0.05) is 44.9 Å². The van der Waals surface area contributed by atoms with E-state index in [2.05, 4.69) is 20.0 Å². The van der Waals surface area contributed by atoms with Crippen LogP contribution in [0.2, 0.25) is 0 Å². The summed E-state index contributed by atoms with van der Waals surface area (Å²) in [5, 5.41) is 4.24. The molecule has 0 amide bonds. The molecule has 0 bridgehead atoms. The molecule has 2 saturated heterocycles. The summed E-state index contributed by atoms with van der Waals surface area (Å²) < 4.78 is 11.1. The fourth-order valence-electron chi connectivity index (χ4n) is 2.80. The van der Waals surface area contributed by atoms with Gasteiger partial charge in [0.05, 0.1) is 12.3 Å². The lowest BCUT2D eigenvalue weighted by Gasteiger charge is -2.27. The Balaban J connectivity index is 1.32. The van der Waals surface area contributed by atoms with Crippen LogP contribution in [0.4, 0.5) is 5.95 Å². The number of rotatable bonds is 6. The van der Waals surface area contributed by atoms with E-state index in [0.29, 0.717) is 13.2 Å². The van der Waals surface area contributed by atoms with Crippen LogP contribution in [0.25, 0.3) is 0 Å². The Hall–Kier alpha value is -1.73. The summed E-state index contributed by atoms with van der Waals surface area (Å²) in [6, 6.07) is 0. The lowest BCUT2D eigenvalue weighted by Crippen LogP contribution is -2.35. The molecule has 7 heteroatoms. The molecule has 0 aliphatic carbocycles. The Morgan fingerprint density at radius 3 is 2.71 bits per heavy atom. The third kappa shape index (κ3) is 5.14. The van der Waals surface area contributed by atoms with Gasteiger partial charge in [-0.25, -0.2) is 9.97 Å². The highest BCUT2D eigenvalue weighted by Crippen LogP contribution is 2.15. The molecular weight excluding hydrogens is 308 g/mol. The summed E-state index contributed by atoms with van der Waals surface area (Å²) in [7, 11) is 0. The van der Waals surface area contributed by atoms with Gasteiger partial charge in [0.25, 0.3) is 0 Å². The van der Waals surface area contributed by atoms with Gasteiger partial charge >= 0.3 is 0 Å². The van der Waals surface area contributed by atoms with Crippen molar-refractivity contribution in [3.05, 3.63) is 18.0 Å². The standard InChI is InChI=1S/C17H26N4O3/c1-14-12-18-17(19-13-14)21-7-5-15(6-8-21)20-24-11-10-23-16-4-2-3-9-22-16/h12-13,16H,2-11H2,1H3. The highest BCUT2D eigenvalue weighted by atomic mass is 16.7. The second kappa shape index (κ2) is 8.94. The first kappa shape index (κ1) is 17.1. The molecule has 0 radical (unpaired) electrons. The zero-order valence-corrected chi connectivity index (χ0v) is 14.3. The number of hydrogen-bond donors (Lipinski definition) is 0. The van der Waals surface area contributed by atoms with Crippen LogP contribution in [0.15, 0.2) is 17.5 Å². The Kier molecular flexibility index (Phi) is 6.37. The number of aromatic nitrogens is 2. The van der Waals surface area contributed by atoms with Crippen molar-refractivity contribution in [1.82, 2.24) is 9.97 Å². The van der Waals surface area contributed by atoms with Gasteiger partial charge in [0.2, 0.25) is 5.95 Å². The second-order valence-corrected chi connectivity index (χ2v) is 6.21. The molecule has 1 unspecified atom stereocenters. The van der Waals surface area contributed by atoms with Gasteiger partial charge in [0.1, 0.15) is 6.61 Å². The fourth-order valence-corrected chi connectivity index (χ4v) is 2.80. The van der Waals surface area contributed by atoms with E-state index in [1.54, 1.807) is 0 Å². The van der Waals surface area contributed by atoms with Crippen molar-refractivity contribution in [2.24, 2.45) is 5.16 Å². The molecule has 0 spiro atoms. The first-order valence-electron chi connectivity index (χ1n) is 8.76. The maximum atomic E-state index is 5.62. The molecule has 2 aliphatic heterocycles. The molecule has 0 saturated carbocycles. The third-order valence-electron chi connectivity index (χ3n) is 4.20. The average Bonchev–Trinajstić information content (AvgIpc) is 2.64. The Morgan fingerprint density at radius 2 is 2.00 bits per heavy atom. The topological polar surface area (TPSA) is 69.1 Å². The summed E-state index contributed by atoms with van der Waals surface area (Å²) in [5.74, 6) is 0.793. The van der Waals surface area contributed by atoms with Crippen LogP contribution in [0, 0.1) is 6.92 Å². The van der Waals surface area contributed by atoms with Gasteiger partial charge in [-0.2, -0.15) is 0 Å². The van der Waals surface area contributed by atoms with E-state index in [1.807, 2.05) is 19.3 Å². The Labute approximate surface area is 143 Å². The van der Waals surface area contributed by atoms with Crippen molar-refractivity contribution >= 4 is 11.7 Å². The normalized spacial score (nSPS) is 21.6. The van der Waals surface area contributed by atoms with Crippen LogP contribution in [-0.4, -0.2) is 54.9 Å². The summed E-state index contributed by atoms with van der Waals surface area (Å²) in [4.78, 5) is 16.3. The smallest absolute Gasteiger partial charge is 0.225 e. The van der Waals surface area contributed by atoms with E-state index in [1.165, 1.54) is 6.42 Å². The largest absolute Gasteiger partial charge is 0.393 e. The van der Waals surface area contributed by atoms with Gasteiger partial charge in [0.15, 0.2) is 6.29 Å². The third-order valence-corrected chi connectivity index (χ3v) is 4.20. The van der Waals surface area contributed by atoms with Crippen molar-refractivity contribution in [2.75, 3.05) is 37.8 Å². The quantitative estimate of drug-likeness (QED) is 0.587. The van der Waals surface area contributed by atoms with E-state index in [0.717, 1.165) is 62.6 Å². The van der Waals surface area contributed by atoms with Gasteiger partial charge in [-0.1, -0.05) is 5.16 Å². The molecular formula is C17H26N4O3. The molecule has 132 valence electrons. The number of aryl methyl sites for hydroxylation is 1. The molecule has 2 aliphatic rings. The Bertz CT molecular complexity index is 519. The van der Waals surface area contributed by atoms with E-state index < -0.39 is 0 Å². The minimum absolute atomic E-state index is 0.0623.